The lowest BCUT2D eigenvalue weighted by Crippen LogP contribution is -2.15. The number of carbonyl (C=O) groups is 1. The van der Waals surface area contributed by atoms with Gasteiger partial charge in [0.25, 0.3) is 5.91 Å². The molecule has 32 heavy (non-hydrogen) atoms. The zero-order valence-corrected chi connectivity index (χ0v) is 19.0. The van der Waals surface area contributed by atoms with Crippen molar-refractivity contribution >= 4 is 58.7 Å². The van der Waals surface area contributed by atoms with E-state index in [1.807, 2.05) is 49.4 Å². The van der Waals surface area contributed by atoms with Crippen molar-refractivity contribution in [1.82, 2.24) is 4.98 Å². The highest BCUT2D eigenvalue weighted by molar-refractivity contribution is 6.06. The van der Waals surface area contributed by atoms with Gasteiger partial charge in [0.05, 0.1) is 5.52 Å². The number of pyridine rings is 1. The molecule has 8 heteroatoms. The summed E-state index contributed by atoms with van der Waals surface area (Å²) < 4.78 is 5.81. The minimum atomic E-state index is -0.218. The van der Waals surface area contributed by atoms with Crippen LogP contribution in [0, 0.1) is 6.92 Å². The van der Waals surface area contributed by atoms with Gasteiger partial charge in [0.1, 0.15) is 12.4 Å². The van der Waals surface area contributed by atoms with Crippen LogP contribution < -0.4 is 21.5 Å². The van der Waals surface area contributed by atoms with Crippen molar-refractivity contribution in [1.29, 1.82) is 0 Å². The van der Waals surface area contributed by atoms with Crippen LogP contribution in [0.25, 0.3) is 10.9 Å². The first-order valence-corrected chi connectivity index (χ1v) is 9.54. The quantitative estimate of drug-likeness (QED) is 0.339. The van der Waals surface area contributed by atoms with Gasteiger partial charge in [-0.3, -0.25) is 9.78 Å². The predicted octanol–water partition coefficient (Wildman–Crippen LogP) is 5.38. The average Bonchev–Trinajstić information content (AvgIpc) is 2.74. The number of anilines is 3. The Kier molecular flexibility index (Phi) is 8.29. The molecule has 0 saturated heterocycles. The number of nitrogens with two attached hydrogens (primary N) is 2. The smallest absolute Gasteiger partial charge is 0.256 e. The topological polar surface area (TPSA) is 103 Å². The molecule has 0 atom stereocenters. The molecule has 1 heterocycles. The van der Waals surface area contributed by atoms with E-state index >= 15 is 0 Å². The zero-order valence-electron chi connectivity index (χ0n) is 17.4. The fourth-order valence-corrected chi connectivity index (χ4v) is 3.26. The van der Waals surface area contributed by atoms with Gasteiger partial charge in [-0.2, -0.15) is 0 Å². The molecule has 0 bridgehead atoms. The Morgan fingerprint density at radius 1 is 0.969 bits per heavy atom. The van der Waals surface area contributed by atoms with E-state index in [9.17, 15) is 4.79 Å². The predicted molar refractivity (Wildman–Crippen MR) is 135 cm³/mol. The van der Waals surface area contributed by atoms with Gasteiger partial charge in [0, 0.05) is 39.3 Å². The Morgan fingerprint density at radius 3 is 2.44 bits per heavy atom. The van der Waals surface area contributed by atoms with Gasteiger partial charge in [0.15, 0.2) is 0 Å². The Morgan fingerprint density at radius 2 is 1.69 bits per heavy atom. The molecular weight excluding hydrogens is 447 g/mol. The number of nitrogens with one attached hydrogen (secondary N) is 1. The second kappa shape index (κ2) is 10.7. The van der Waals surface area contributed by atoms with Gasteiger partial charge in [-0.1, -0.05) is 18.2 Å². The van der Waals surface area contributed by atoms with Gasteiger partial charge in [0.2, 0.25) is 0 Å². The molecule has 0 fully saturated rings. The average molecular weight is 471 g/mol. The number of hydrogen-bond donors (Lipinski definition) is 3. The third kappa shape index (κ3) is 5.60. The third-order valence-electron chi connectivity index (χ3n) is 4.76. The summed E-state index contributed by atoms with van der Waals surface area (Å²) in [7, 11) is 0. The molecule has 0 aliphatic heterocycles. The molecule has 4 aromatic rings. The van der Waals surface area contributed by atoms with Gasteiger partial charge >= 0.3 is 0 Å². The van der Waals surface area contributed by atoms with Crippen molar-refractivity contribution in [3.8, 4) is 5.75 Å². The van der Waals surface area contributed by atoms with Gasteiger partial charge in [-0.15, -0.1) is 24.8 Å². The lowest BCUT2D eigenvalue weighted by molar-refractivity contribution is 0.102. The highest BCUT2D eigenvalue weighted by Crippen LogP contribution is 2.25. The molecule has 3 aromatic carbocycles. The number of rotatable bonds is 5. The fraction of sp³-hybridized carbons (Fsp3) is 0.0833. The summed E-state index contributed by atoms with van der Waals surface area (Å²) in [5.41, 5.74) is 16.7. The Labute approximate surface area is 198 Å². The first-order chi connectivity index (χ1) is 14.5. The van der Waals surface area contributed by atoms with E-state index in [0.29, 0.717) is 28.4 Å². The molecule has 4 rings (SSSR count). The van der Waals surface area contributed by atoms with E-state index < -0.39 is 0 Å². The van der Waals surface area contributed by atoms with Crippen LogP contribution in [-0.2, 0) is 6.61 Å². The van der Waals surface area contributed by atoms with E-state index in [1.165, 1.54) is 0 Å². The van der Waals surface area contributed by atoms with Crippen molar-refractivity contribution < 1.29 is 9.53 Å². The van der Waals surface area contributed by atoms with Crippen molar-refractivity contribution in [3.63, 3.8) is 0 Å². The van der Waals surface area contributed by atoms with Gasteiger partial charge < -0.3 is 21.5 Å². The molecular formula is C24H24Cl2N4O2. The number of halogens is 2. The number of nitrogen functional groups attached to an aromatic ring is 2. The zero-order chi connectivity index (χ0) is 21.1. The molecule has 0 unspecified atom stereocenters. The minimum Gasteiger partial charge on any atom is -0.489 e. The lowest BCUT2D eigenvalue weighted by Gasteiger charge is -2.12. The number of carbonyl (C=O) groups excluding carboxylic acids is 1. The van der Waals surface area contributed by atoms with Crippen LogP contribution in [0.1, 0.15) is 21.6 Å². The van der Waals surface area contributed by atoms with Crippen LogP contribution in [0.4, 0.5) is 17.1 Å². The van der Waals surface area contributed by atoms with Crippen LogP contribution in [0.3, 0.4) is 0 Å². The first-order valence-electron chi connectivity index (χ1n) is 9.54. The summed E-state index contributed by atoms with van der Waals surface area (Å²) in [4.78, 5) is 17.4. The van der Waals surface area contributed by atoms with Gasteiger partial charge in [-0.05, 0) is 61.5 Å². The summed E-state index contributed by atoms with van der Waals surface area (Å²) in [6, 6.07) is 21.8. The molecule has 6 nitrogen and oxygen atoms in total. The number of aromatic nitrogens is 1. The Bertz CT molecular complexity index is 1230. The molecule has 0 aliphatic rings. The Hall–Kier alpha value is -3.48. The molecule has 0 spiro atoms. The highest BCUT2D eigenvalue weighted by Gasteiger charge is 2.13. The number of ether oxygens (including phenoxy) is 1. The summed E-state index contributed by atoms with van der Waals surface area (Å²) >= 11 is 0. The number of aryl methyl sites for hydroxylation is 1. The largest absolute Gasteiger partial charge is 0.489 e. The molecule has 166 valence electrons. The Balaban J connectivity index is 0.00000181. The van der Waals surface area contributed by atoms with Gasteiger partial charge in [-0.25, -0.2) is 0 Å². The summed E-state index contributed by atoms with van der Waals surface area (Å²) in [6.45, 7) is 2.16. The number of nitrogens with zero attached hydrogens (tertiary/aromatic N) is 1. The maximum atomic E-state index is 12.9. The van der Waals surface area contributed by atoms with Crippen LogP contribution in [-0.4, -0.2) is 10.9 Å². The van der Waals surface area contributed by atoms with E-state index in [0.717, 1.165) is 22.2 Å². The third-order valence-corrected chi connectivity index (χ3v) is 4.76. The van der Waals surface area contributed by atoms with E-state index in [1.54, 1.807) is 30.3 Å². The number of amides is 1. The SMILES string of the molecule is Cc1cc(N)c2cc(NC(=O)c3ccccc3COc3ccc(N)cc3)ccc2n1.Cl.Cl. The van der Waals surface area contributed by atoms with Crippen molar-refractivity contribution in [3.05, 3.63) is 89.6 Å². The van der Waals surface area contributed by atoms with E-state index in [2.05, 4.69) is 10.3 Å². The fourth-order valence-electron chi connectivity index (χ4n) is 3.26. The highest BCUT2D eigenvalue weighted by atomic mass is 35.5. The second-order valence-corrected chi connectivity index (χ2v) is 7.05. The number of benzene rings is 3. The normalized spacial score (nSPS) is 10.0. The standard InChI is InChI=1S/C24H22N4O2.2ClH/c1-15-12-22(26)21-13-18(8-11-23(21)27-15)28-24(29)20-5-3-2-4-16(20)14-30-19-9-6-17(25)7-10-19;;/h2-13H,14,25H2,1H3,(H2,26,27)(H,28,29);2*1H. The molecule has 0 aliphatic carbocycles. The van der Waals surface area contributed by atoms with Crippen molar-refractivity contribution in [2.75, 3.05) is 16.8 Å². The van der Waals surface area contributed by atoms with Crippen LogP contribution in [0.15, 0.2) is 72.8 Å². The second-order valence-electron chi connectivity index (χ2n) is 7.05. The molecule has 0 radical (unpaired) electrons. The molecule has 1 amide bonds. The molecule has 5 N–H and O–H groups in total. The summed E-state index contributed by atoms with van der Waals surface area (Å²) in [5, 5.41) is 3.75. The number of hydrogen-bond acceptors (Lipinski definition) is 5. The van der Waals surface area contributed by atoms with Crippen molar-refractivity contribution in [2.45, 2.75) is 13.5 Å². The summed E-state index contributed by atoms with van der Waals surface area (Å²) in [5.74, 6) is 0.469. The maximum Gasteiger partial charge on any atom is 0.256 e. The lowest BCUT2D eigenvalue weighted by atomic mass is 10.1. The van der Waals surface area contributed by atoms with E-state index in [4.69, 9.17) is 16.2 Å². The summed E-state index contributed by atoms with van der Waals surface area (Å²) in [6.07, 6.45) is 0. The number of fused-ring (bicyclic) bond motifs is 1. The van der Waals surface area contributed by atoms with Crippen molar-refractivity contribution in [2.24, 2.45) is 0 Å². The molecule has 0 saturated carbocycles. The molecule has 1 aromatic heterocycles. The maximum absolute atomic E-state index is 12.9. The first kappa shape index (κ1) is 24.8. The minimum absolute atomic E-state index is 0. The van der Waals surface area contributed by atoms with E-state index in [-0.39, 0.29) is 37.3 Å². The van der Waals surface area contributed by atoms with Crippen LogP contribution >= 0.6 is 24.8 Å². The van der Waals surface area contributed by atoms with Crippen LogP contribution in [0.5, 0.6) is 5.75 Å². The monoisotopic (exact) mass is 470 g/mol. The van der Waals surface area contributed by atoms with Crippen LogP contribution in [0.2, 0.25) is 0 Å².